The first kappa shape index (κ1) is 17.0. The molecule has 0 radical (unpaired) electrons. The van der Waals surface area contributed by atoms with E-state index in [9.17, 15) is 4.79 Å². The number of hydrogen-bond donors (Lipinski definition) is 1. The Morgan fingerprint density at radius 3 is 2.52 bits per heavy atom. The SMILES string of the molecule is C[C@@H]1CN(Cc2ccccc2)CCN1C(=O)CC1C[C@H]2CC[C@@H](C1)N2. The first-order valence-electron chi connectivity index (χ1n) is 9.99. The molecule has 0 aliphatic carbocycles. The second-order valence-electron chi connectivity index (χ2n) is 8.34. The molecule has 25 heavy (non-hydrogen) atoms. The summed E-state index contributed by atoms with van der Waals surface area (Å²) in [6.45, 7) is 6.05. The van der Waals surface area contributed by atoms with E-state index in [1.165, 1.54) is 31.2 Å². The van der Waals surface area contributed by atoms with Crippen LogP contribution >= 0.6 is 0 Å². The molecule has 4 heteroatoms. The van der Waals surface area contributed by atoms with Crippen LogP contribution in [0, 0.1) is 5.92 Å². The highest BCUT2D eigenvalue weighted by atomic mass is 16.2. The van der Waals surface area contributed by atoms with Crippen molar-refractivity contribution in [2.24, 2.45) is 5.92 Å². The lowest BCUT2D eigenvalue weighted by Gasteiger charge is -2.41. The molecule has 1 aromatic carbocycles. The fraction of sp³-hybridized carbons (Fsp3) is 0.667. The Morgan fingerprint density at radius 1 is 1.12 bits per heavy atom. The summed E-state index contributed by atoms with van der Waals surface area (Å²) < 4.78 is 0. The highest BCUT2D eigenvalue weighted by Gasteiger charge is 2.36. The van der Waals surface area contributed by atoms with Crippen molar-refractivity contribution in [2.75, 3.05) is 19.6 Å². The van der Waals surface area contributed by atoms with Gasteiger partial charge >= 0.3 is 0 Å². The van der Waals surface area contributed by atoms with Crippen molar-refractivity contribution in [3.63, 3.8) is 0 Å². The molecule has 4 atom stereocenters. The van der Waals surface area contributed by atoms with Gasteiger partial charge in [-0.05, 0) is 44.1 Å². The zero-order chi connectivity index (χ0) is 17.2. The number of hydrogen-bond acceptors (Lipinski definition) is 3. The van der Waals surface area contributed by atoms with Crippen LogP contribution in [-0.4, -0.2) is 53.5 Å². The van der Waals surface area contributed by atoms with Crippen molar-refractivity contribution < 1.29 is 4.79 Å². The van der Waals surface area contributed by atoms with Crippen LogP contribution in [0.2, 0.25) is 0 Å². The minimum atomic E-state index is 0.323. The normalized spacial score (nSPS) is 32.8. The maximum atomic E-state index is 12.9. The quantitative estimate of drug-likeness (QED) is 0.914. The van der Waals surface area contributed by atoms with E-state index in [0.29, 0.717) is 30.0 Å². The van der Waals surface area contributed by atoms with Crippen LogP contribution in [0.25, 0.3) is 0 Å². The number of piperazine rings is 1. The van der Waals surface area contributed by atoms with Crippen LogP contribution in [-0.2, 0) is 11.3 Å². The third kappa shape index (κ3) is 4.06. The average molecular weight is 341 g/mol. The highest BCUT2D eigenvalue weighted by Crippen LogP contribution is 2.33. The van der Waals surface area contributed by atoms with Crippen LogP contribution in [0.1, 0.15) is 44.6 Å². The minimum Gasteiger partial charge on any atom is -0.337 e. The van der Waals surface area contributed by atoms with Crippen LogP contribution in [0.5, 0.6) is 0 Å². The standard InChI is InChI=1S/C21H31N3O/c1-16-14-23(15-17-5-3-2-4-6-17)9-10-24(16)21(25)13-18-11-19-7-8-20(12-18)22-19/h2-6,16,18-20,22H,7-15H2,1H3/t16-,18?,19-,20+/m1/s1. The molecule has 0 spiro atoms. The van der Waals surface area contributed by atoms with E-state index in [-0.39, 0.29) is 0 Å². The Bertz CT molecular complexity index is 578. The second-order valence-corrected chi connectivity index (χ2v) is 8.34. The van der Waals surface area contributed by atoms with Gasteiger partial charge in [-0.1, -0.05) is 30.3 Å². The molecule has 1 amide bonds. The van der Waals surface area contributed by atoms with Gasteiger partial charge in [0.1, 0.15) is 0 Å². The van der Waals surface area contributed by atoms with E-state index in [2.05, 4.69) is 52.4 Å². The number of nitrogens with one attached hydrogen (secondary N) is 1. The zero-order valence-electron chi connectivity index (χ0n) is 15.4. The molecule has 3 heterocycles. The maximum Gasteiger partial charge on any atom is 0.223 e. The largest absolute Gasteiger partial charge is 0.337 e. The minimum absolute atomic E-state index is 0.323. The number of nitrogens with zero attached hydrogens (tertiary/aromatic N) is 2. The van der Waals surface area contributed by atoms with E-state index >= 15 is 0 Å². The number of fused-ring (bicyclic) bond motifs is 2. The number of carbonyl (C=O) groups is 1. The third-order valence-electron chi connectivity index (χ3n) is 6.31. The van der Waals surface area contributed by atoms with Crippen molar-refractivity contribution >= 4 is 5.91 Å². The Labute approximate surface area is 151 Å². The van der Waals surface area contributed by atoms with E-state index in [0.717, 1.165) is 32.6 Å². The lowest BCUT2D eigenvalue weighted by molar-refractivity contribution is -0.137. The van der Waals surface area contributed by atoms with Gasteiger partial charge in [-0.3, -0.25) is 9.69 Å². The van der Waals surface area contributed by atoms with E-state index in [1.54, 1.807) is 0 Å². The number of amides is 1. The molecule has 136 valence electrons. The van der Waals surface area contributed by atoms with Gasteiger partial charge in [0, 0.05) is 50.7 Å². The second kappa shape index (κ2) is 7.46. The van der Waals surface area contributed by atoms with Crippen molar-refractivity contribution in [1.82, 2.24) is 15.1 Å². The van der Waals surface area contributed by atoms with Crippen molar-refractivity contribution in [3.05, 3.63) is 35.9 Å². The van der Waals surface area contributed by atoms with Gasteiger partial charge in [-0.25, -0.2) is 0 Å². The molecule has 4 rings (SSSR count). The summed E-state index contributed by atoms with van der Waals surface area (Å²) >= 11 is 0. The van der Waals surface area contributed by atoms with Crippen molar-refractivity contribution in [1.29, 1.82) is 0 Å². The van der Waals surface area contributed by atoms with Crippen LogP contribution in [0.15, 0.2) is 30.3 Å². The monoisotopic (exact) mass is 341 g/mol. The summed E-state index contributed by atoms with van der Waals surface area (Å²) in [5.74, 6) is 0.985. The topological polar surface area (TPSA) is 35.6 Å². The van der Waals surface area contributed by atoms with Crippen LogP contribution in [0.4, 0.5) is 0 Å². The Balaban J connectivity index is 1.28. The first-order valence-corrected chi connectivity index (χ1v) is 9.99. The molecule has 1 unspecified atom stereocenters. The van der Waals surface area contributed by atoms with Crippen LogP contribution < -0.4 is 5.32 Å². The number of benzene rings is 1. The summed E-state index contributed by atoms with van der Waals surface area (Å²) in [5, 5.41) is 3.68. The lowest BCUT2D eigenvalue weighted by Crippen LogP contribution is -2.54. The number of carbonyl (C=O) groups excluding carboxylic acids is 1. The Morgan fingerprint density at radius 2 is 1.84 bits per heavy atom. The summed E-state index contributed by atoms with van der Waals surface area (Å²) in [6, 6.07) is 12.3. The number of rotatable bonds is 4. The Hall–Kier alpha value is -1.39. The molecular weight excluding hydrogens is 310 g/mol. The predicted octanol–water partition coefficient (Wildman–Crippen LogP) is 2.64. The van der Waals surface area contributed by atoms with Crippen molar-refractivity contribution in [2.45, 2.75) is 63.7 Å². The fourth-order valence-corrected chi connectivity index (χ4v) is 5.09. The summed E-state index contributed by atoms with van der Waals surface area (Å²) in [5.41, 5.74) is 1.36. The van der Waals surface area contributed by atoms with E-state index < -0.39 is 0 Å². The lowest BCUT2D eigenvalue weighted by atomic mass is 9.89. The molecule has 1 aromatic rings. The molecule has 3 fully saturated rings. The molecule has 2 bridgehead atoms. The molecule has 0 saturated carbocycles. The average Bonchev–Trinajstić information content (AvgIpc) is 2.94. The summed E-state index contributed by atoms with van der Waals surface area (Å²) in [6.07, 6.45) is 5.78. The van der Waals surface area contributed by atoms with Gasteiger partial charge in [0.2, 0.25) is 5.91 Å². The zero-order valence-corrected chi connectivity index (χ0v) is 15.4. The molecule has 4 nitrogen and oxygen atoms in total. The highest BCUT2D eigenvalue weighted by molar-refractivity contribution is 5.77. The molecule has 3 aliphatic rings. The van der Waals surface area contributed by atoms with E-state index in [1.807, 2.05) is 0 Å². The predicted molar refractivity (Wildman–Crippen MR) is 100 cm³/mol. The number of piperidine rings is 1. The van der Waals surface area contributed by atoms with Gasteiger partial charge in [-0.15, -0.1) is 0 Å². The molecule has 0 aromatic heterocycles. The van der Waals surface area contributed by atoms with Gasteiger partial charge < -0.3 is 10.2 Å². The van der Waals surface area contributed by atoms with Gasteiger partial charge in [0.25, 0.3) is 0 Å². The maximum absolute atomic E-state index is 12.9. The Kier molecular flexibility index (Phi) is 5.09. The molecule has 3 saturated heterocycles. The van der Waals surface area contributed by atoms with E-state index in [4.69, 9.17) is 0 Å². The molecule has 1 N–H and O–H groups in total. The summed E-state index contributed by atoms with van der Waals surface area (Å²) in [7, 11) is 0. The fourth-order valence-electron chi connectivity index (χ4n) is 5.09. The van der Waals surface area contributed by atoms with Gasteiger partial charge in [-0.2, -0.15) is 0 Å². The third-order valence-corrected chi connectivity index (χ3v) is 6.31. The molecular formula is C21H31N3O. The van der Waals surface area contributed by atoms with Crippen molar-refractivity contribution in [3.8, 4) is 0 Å². The first-order chi connectivity index (χ1) is 12.2. The smallest absolute Gasteiger partial charge is 0.223 e. The summed E-state index contributed by atoms with van der Waals surface area (Å²) in [4.78, 5) is 17.5. The molecule has 3 aliphatic heterocycles. The van der Waals surface area contributed by atoms with Gasteiger partial charge in [0.05, 0.1) is 0 Å². The van der Waals surface area contributed by atoms with Crippen LogP contribution in [0.3, 0.4) is 0 Å². The van der Waals surface area contributed by atoms with Gasteiger partial charge in [0.15, 0.2) is 0 Å².